The molecule has 168 valence electrons. The number of nitrogens with one attached hydrogen (secondary N) is 1. The van der Waals surface area contributed by atoms with Crippen molar-refractivity contribution >= 4 is 39.2 Å². The number of carbonyl (C=O) groups is 2. The molecule has 1 aromatic carbocycles. The first-order valence-electron chi connectivity index (χ1n) is 10.8. The number of carbonyl (C=O) groups excluding carboxylic acids is 2. The topological polar surface area (TPSA) is 85.6 Å². The molecule has 0 fully saturated rings. The van der Waals surface area contributed by atoms with Crippen molar-refractivity contribution in [2.75, 3.05) is 11.9 Å². The molecular weight excluding hydrogens is 426 g/mol. The number of fused-ring (bicyclic) bond motifs is 2. The molecule has 2 aromatic heterocycles. The second-order valence-corrected chi connectivity index (χ2v) is 10.3. The lowest BCUT2D eigenvalue weighted by Crippen LogP contribution is -2.26. The molecule has 0 unspecified atom stereocenters. The molecule has 3 aromatic rings. The molecule has 2 heterocycles. The Morgan fingerprint density at radius 1 is 1.25 bits per heavy atom. The lowest BCUT2D eigenvalue weighted by atomic mass is 9.72. The van der Waals surface area contributed by atoms with E-state index < -0.39 is 17.5 Å². The molecule has 0 bridgehead atoms. The maximum Gasteiger partial charge on any atom is 0.349 e. The van der Waals surface area contributed by atoms with Gasteiger partial charge in [0.25, 0.3) is 5.91 Å². The van der Waals surface area contributed by atoms with Crippen LogP contribution in [0.3, 0.4) is 0 Å². The fourth-order valence-electron chi connectivity index (χ4n) is 4.22. The standard InChI is InChI=1S/C25H27NO5S/c1-5-30-24(29)20-16-11-10-15(25(2,3)4)13-19(16)32-22(20)26-21(27)17-12-14-8-6-7-9-18(14)31-23(17)28/h6-9,12,15H,5,10-11,13H2,1-4H3,(H,26,27)/t15-/m0/s1. The Kier molecular flexibility index (Phi) is 5.95. The van der Waals surface area contributed by atoms with Crippen molar-refractivity contribution in [3.05, 3.63) is 62.3 Å². The molecule has 1 amide bonds. The van der Waals surface area contributed by atoms with E-state index in [1.807, 2.05) is 6.07 Å². The summed E-state index contributed by atoms with van der Waals surface area (Å²) in [4.78, 5) is 39.3. The number of para-hydroxylation sites is 1. The van der Waals surface area contributed by atoms with Crippen molar-refractivity contribution in [1.82, 2.24) is 0 Å². The predicted molar refractivity (Wildman–Crippen MR) is 126 cm³/mol. The minimum Gasteiger partial charge on any atom is -0.462 e. The number of ether oxygens (including phenoxy) is 1. The third-order valence-corrected chi connectivity index (χ3v) is 7.25. The smallest absolute Gasteiger partial charge is 0.349 e. The van der Waals surface area contributed by atoms with E-state index in [2.05, 4.69) is 26.1 Å². The molecule has 1 atom stereocenters. The van der Waals surface area contributed by atoms with Crippen LogP contribution in [-0.4, -0.2) is 18.5 Å². The van der Waals surface area contributed by atoms with E-state index in [1.54, 1.807) is 25.1 Å². The average Bonchev–Trinajstić information content (AvgIpc) is 3.09. The van der Waals surface area contributed by atoms with Crippen LogP contribution in [0.2, 0.25) is 0 Å². The van der Waals surface area contributed by atoms with Crippen LogP contribution >= 0.6 is 11.3 Å². The Balaban J connectivity index is 1.71. The highest BCUT2D eigenvalue weighted by Gasteiger charge is 2.34. The van der Waals surface area contributed by atoms with E-state index in [-0.39, 0.29) is 17.6 Å². The second kappa shape index (κ2) is 8.54. The van der Waals surface area contributed by atoms with Gasteiger partial charge in [-0.3, -0.25) is 4.79 Å². The monoisotopic (exact) mass is 453 g/mol. The fraction of sp³-hybridized carbons (Fsp3) is 0.400. The van der Waals surface area contributed by atoms with Crippen LogP contribution < -0.4 is 10.9 Å². The molecule has 1 aliphatic rings. The van der Waals surface area contributed by atoms with Crippen molar-refractivity contribution in [3.8, 4) is 0 Å². The SMILES string of the molecule is CCOC(=O)c1c(NC(=O)c2cc3ccccc3oc2=O)sc2c1CC[C@H](C(C)(C)C)C2. The summed E-state index contributed by atoms with van der Waals surface area (Å²) in [6.45, 7) is 8.68. The van der Waals surface area contributed by atoms with Crippen molar-refractivity contribution in [3.63, 3.8) is 0 Å². The van der Waals surface area contributed by atoms with Crippen molar-refractivity contribution < 1.29 is 18.7 Å². The molecule has 6 nitrogen and oxygen atoms in total. The molecule has 0 radical (unpaired) electrons. The first-order chi connectivity index (χ1) is 15.2. The largest absolute Gasteiger partial charge is 0.462 e. The highest BCUT2D eigenvalue weighted by molar-refractivity contribution is 7.17. The Morgan fingerprint density at radius 3 is 2.72 bits per heavy atom. The zero-order chi connectivity index (χ0) is 23.0. The summed E-state index contributed by atoms with van der Waals surface area (Å²) in [5, 5.41) is 3.89. The highest BCUT2D eigenvalue weighted by Crippen LogP contribution is 2.44. The molecule has 7 heteroatoms. The number of benzene rings is 1. The summed E-state index contributed by atoms with van der Waals surface area (Å²) >= 11 is 1.40. The zero-order valence-corrected chi connectivity index (χ0v) is 19.6. The van der Waals surface area contributed by atoms with Gasteiger partial charge in [-0.15, -0.1) is 11.3 Å². The van der Waals surface area contributed by atoms with Crippen LogP contribution in [0.4, 0.5) is 5.00 Å². The summed E-state index contributed by atoms with van der Waals surface area (Å²) in [5.74, 6) is -0.555. The van der Waals surface area contributed by atoms with Crippen molar-refractivity contribution in [2.24, 2.45) is 11.3 Å². The van der Waals surface area contributed by atoms with Gasteiger partial charge in [-0.25, -0.2) is 9.59 Å². The van der Waals surface area contributed by atoms with Crippen LogP contribution in [0, 0.1) is 11.3 Å². The Labute approximate surface area is 190 Å². The number of thiophene rings is 1. The van der Waals surface area contributed by atoms with Gasteiger partial charge in [-0.05, 0) is 55.2 Å². The third kappa shape index (κ3) is 4.21. The molecular formula is C25H27NO5S. The molecule has 32 heavy (non-hydrogen) atoms. The quantitative estimate of drug-likeness (QED) is 0.420. The van der Waals surface area contributed by atoms with Gasteiger partial charge in [0.05, 0.1) is 12.2 Å². The van der Waals surface area contributed by atoms with Gasteiger partial charge in [0.2, 0.25) is 0 Å². The lowest BCUT2D eigenvalue weighted by molar-refractivity contribution is 0.0526. The highest BCUT2D eigenvalue weighted by atomic mass is 32.1. The molecule has 1 N–H and O–H groups in total. The number of esters is 1. The maximum atomic E-state index is 13.0. The van der Waals surface area contributed by atoms with Gasteiger partial charge in [0.1, 0.15) is 16.1 Å². The van der Waals surface area contributed by atoms with Gasteiger partial charge in [-0.1, -0.05) is 39.0 Å². The van der Waals surface area contributed by atoms with Crippen LogP contribution in [-0.2, 0) is 17.6 Å². The van der Waals surface area contributed by atoms with E-state index in [0.717, 1.165) is 29.7 Å². The van der Waals surface area contributed by atoms with E-state index in [1.165, 1.54) is 17.4 Å². The van der Waals surface area contributed by atoms with Gasteiger partial charge in [-0.2, -0.15) is 0 Å². The fourth-order valence-corrected chi connectivity index (χ4v) is 5.53. The number of hydrogen-bond acceptors (Lipinski definition) is 6. The van der Waals surface area contributed by atoms with Crippen LogP contribution in [0.15, 0.2) is 39.5 Å². The predicted octanol–water partition coefficient (Wildman–Crippen LogP) is 5.43. The van der Waals surface area contributed by atoms with E-state index in [9.17, 15) is 14.4 Å². The number of anilines is 1. The van der Waals surface area contributed by atoms with E-state index >= 15 is 0 Å². The van der Waals surface area contributed by atoms with E-state index in [4.69, 9.17) is 9.15 Å². The zero-order valence-electron chi connectivity index (χ0n) is 18.7. The summed E-state index contributed by atoms with van der Waals surface area (Å²) in [6, 6.07) is 8.54. The second-order valence-electron chi connectivity index (χ2n) is 9.17. The molecule has 0 aliphatic heterocycles. The molecule has 0 saturated heterocycles. The van der Waals surface area contributed by atoms with E-state index in [0.29, 0.717) is 27.5 Å². The van der Waals surface area contributed by atoms with Crippen LogP contribution in [0.5, 0.6) is 0 Å². The van der Waals surface area contributed by atoms with Gasteiger partial charge in [0, 0.05) is 10.3 Å². The average molecular weight is 454 g/mol. The summed E-state index contributed by atoms with van der Waals surface area (Å²) < 4.78 is 10.6. The van der Waals surface area contributed by atoms with Crippen molar-refractivity contribution in [1.29, 1.82) is 0 Å². The lowest BCUT2D eigenvalue weighted by Gasteiger charge is -2.33. The normalized spacial score (nSPS) is 15.9. The Morgan fingerprint density at radius 2 is 2.00 bits per heavy atom. The summed E-state index contributed by atoms with van der Waals surface area (Å²) in [6.07, 6.45) is 2.58. The minimum absolute atomic E-state index is 0.0996. The van der Waals surface area contributed by atoms with Crippen LogP contribution in [0.1, 0.15) is 65.3 Å². The molecule has 0 spiro atoms. The Bertz CT molecular complexity index is 1250. The minimum atomic E-state index is -0.715. The maximum absolute atomic E-state index is 13.0. The van der Waals surface area contributed by atoms with Gasteiger partial charge < -0.3 is 14.5 Å². The first-order valence-corrected chi connectivity index (χ1v) is 11.7. The van der Waals surface area contributed by atoms with Gasteiger partial charge >= 0.3 is 11.6 Å². The Hall–Kier alpha value is -2.93. The first kappa shape index (κ1) is 22.3. The van der Waals surface area contributed by atoms with Crippen molar-refractivity contribution in [2.45, 2.75) is 47.0 Å². The number of amides is 1. The molecule has 1 aliphatic carbocycles. The molecule has 4 rings (SSSR count). The number of hydrogen-bond donors (Lipinski definition) is 1. The summed E-state index contributed by atoms with van der Waals surface area (Å²) in [5.41, 5.74) is 1.12. The van der Waals surface area contributed by atoms with Crippen LogP contribution in [0.25, 0.3) is 11.0 Å². The molecule has 0 saturated carbocycles. The third-order valence-electron chi connectivity index (χ3n) is 6.08. The number of rotatable bonds is 4. The van der Waals surface area contributed by atoms with Gasteiger partial charge in [0.15, 0.2) is 0 Å². The summed E-state index contributed by atoms with van der Waals surface area (Å²) in [7, 11) is 0.